The second-order valence-electron chi connectivity index (χ2n) is 5.43. The van der Waals surface area contributed by atoms with Crippen molar-refractivity contribution < 1.29 is 4.79 Å². The van der Waals surface area contributed by atoms with Crippen molar-refractivity contribution in [2.45, 2.75) is 26.2 Å². The lowest BCUT2D eigenvalue weighted by Crippen LogP contribution is -2.39. The highest BCUT2D eigenvalue weighted by atomic mass is 16.1. The molecule has 1 fully saturated rings. The van der Waals surface area contributed by atoms with Crippen LogP contribution in [-0.2, 0) is 0 Å². The minimum Gasteiger partial charge on any atom is -0.351 e. The third-order valence-corrected chi connectivity index (χ3v) is 3.72. The van der Waals surface area contributed by atoms with Gasteiger partial charge >= 0.3 is 0 Å². The molecule has 0 atom stereocenters. The fourth-order valence-electron chi connectivity index (χ4n) is 2.21. The average Bonchev–Trinajstić information content (AvgIpc) is 2.41. The van der Waals surface area contributed by atoms with Crippen molar-refractivity contribution in [3.05, 3.63) is 35.4 Å². The van der Waals surface area contributed by atoms with E-state index in [1.54, 1.807) is 12.1 Å². The number of carbonyl (C=O) groups excluding carboxylic acids is 1. The van der Waals surface area contributed by atoms with Crippen LogP contribution >= 0.6 is 0 Å². The van der Waals surface area contributed by atoms with Gasteiger partial charge in [-0.25, -0.2) is 0 Å². The van der Waals surface area contributed by atoms with Gasteiger partial charge in [-0.2, -0.15) is 0 Å². The Morgan fingerprint density at radius 3 is 2.58 bits per heavy atom. The van der Waals surface area contributed by atoms with Crippen LogP contribution in [0, 0.1) is 17.3 Å². The molecule has 2 rings (SSSR count). The van der Waals surface area contributed by atoms with E-state index in [-0.39, 0.29) is 5.91 Å². The van der Waals surface area contributed by atoms with E-state index in [4.69, 9.17) is 5.73 Å². The fraction of sp³-hybridized carbons (Fsp3) is 0.438. The van der Waals surface area contributed by atoms with E-state index in [1.807, 2.05) is 12.1 Å². The zero-order valence-corrected chi connectivity index (χ0v) is 11.3. The van der Waals surface area contributed by atoms with E-state index >= 15 is 0 Å². The summed E-state index contributed by atoms with van der Waals surface area (Å²) in [5, 5.41) is 3.01. The number of nitrogens with one attached hydrogen (secondary N) is 1. The molecular weight excluding hydrogens is 236 g/mol. The van der Waals surface area contributed by atoms with Gasteiger partial charge in [-0.1, -0.05) is 25.2 Å². The van der Waals surface area contributed by atoms with Gasteiger partial charge in [0.15, 0.2) is 0 Å². The van der Waals surface area contributed by atoms with Gasteiger partial charge < -0.3 is 11.1 Å². The fourth-order valence-corrected chi connectivity index (χ4v) is 2.21. The standard InChI is InChI=1S/C16H20N2O/c1-16(9-3-10-16)12-18-15(19)14-7-5-13(6-8-14)4-2-11-17/h5-8H,3,9-12,17H2,1H3,(H,18,19). The maximum Gasteiger partial charge on any atom is 0.251 e. The van der Waals surface area contributed by atoms with Gasteiger partial charge in [-0.05, 0) is 42.5 Å². The molecule has 100 valence electrons. The molecule has 3 nitrogen and oxygen atoms in total. The summed E-state index contributed by atoms with van der Waals surface area (Å²) >= 11 is 0. The molecular formula is C16H20N2O. The van der Waals surface area contributed by atoms with Crippen LogP contribution in [-0.4, -0.2) is 19.0 Å². The van der Waals surface area contributed by atoms with Crippen LogP contribution in [0.1, 0.15) is 42.1 Å². The number of amides is 1. The van der Waals surface area contributed by atoms with Gasteiger partial charge in [0.25, 0.3) is 5.91 Å². The minimum absolute atomic E-state index is 0.00791. The third-order valence-electron chi connectivity index (χ3n) is 3.72. The molecule has 0 radical (unpaired) electrons. The highest BCUT2D eigenvalue weighted by Crippen LogP contribution is 2.39. The molecule has 0 aromatic heterocycles. The van der Waals surface area contributed by atoms with E-state index in [2.05, 4.69) is 24.1 Å². The Kier molecular flexibility index (Phi) is 4.24. The van der Waals surface area contributed by atoms with Gasteiger partial charge in [0, 0.05) is 17.7 Å². The summed E-state index contributed by atoms with van der Waals surface area (Å²) in [6.07, 6.45) is 3.70. The monoisotopic (exact) mass is 256 g/mol. The Bertz CT molecular complexity index is 504. The molecule has 0 unspecified atom stereocenters. The zero-order valence-electron chi connectivity index (χ0n) is 11.3. The van der Waals surface area contributed by atoms with E-state index in [0.29, 0.717) is 17.5 Å². The van der Waals surface area contributed by atoms with Gasteiger partial charge in [-0.15, -0.1) is 0 Å². The van der Waals surface area contributed by atoms with Crippen molar-refractivity contribution in [2.24, 2.45) is 11.1 Å². The molecule has 3 N–H and O–H groups in total. The van der Waals surface area contributed by atoms with Crippen LogP contribution in [0.25, 0.3) is 0 Å². The Hall–Kier alpha value is -1.79. The molecule has 1 saturated carbocycles. The lowest BCUT2D eigenvalue weighted by Gasteiger charge is -2.38. The Balaban J connectivity index is 1.92. The van der Waals surface area contributed by atoms with Crippen molar-refractivity contribution >= 4 is 5.91 Å². The van der Waals surface area contributed by atoms with Crippen LogP contribution in [0.4, 0.5) is 0 Å². The van der Waals surface area contributed by atoms with Crippen LogP contribution in [0.2, 0.25) is 0 Å². The maximum atomic E-state index is 12.0. The van der Waals surface area contributed by atoms with Crippen molar-refractivity contribution in [3.8, 4) is 11.8 Å². The predicted molar refractivity (Wildman–Crippen MR) is 76.7 cm³/mol. The summed E-state index contributed by atoms with van der Waals surface area (Å²) in [5.74, 6) is 5.72. The van der Waals surface area contributed by atoms with Crippen molar-refractivity contribution in [3.63, 3.8) is 0 Å². The van der Waals surface area contributed by atoms with Gasteiger partial charge in [-0.3, -0.25) is 4.79 Å². The summed E-state index contributed by atoms with van der Waals surface area (Å²) in [6, 6.07) is 7.31. The largest absolute Gasteiger partial charge is 0.351 e. The summed E-state index contributed by atoms with van der Waals surface area (Å²) in [6.45, 7) is 3.34. The topological polar surface area (TPSA) is 55.1 Å². The molecule has 19 heavy (non-hydrogen) atoms. The summed E-state index contributed by atoms with van der Waals surface area (Å²) in [5.41, 5.74) is 7.19. The van der Waals surface area contributed by atoms with E-state index in [1.165, 1.54) is 19.3 Å². The molecule has 0 saturated heterocycles. The molecule has 0 aliphatic heterocycles. The van der Waals surface area contributed by atoms with Gasteiger partial charge in [0.2, 0.25) is 0 Å². The molecule has 1 aliphatic carbocycles. The number of hydrogen-bond donors (Lipinski definition) is 2. The Morgan fingerprint density at radius 2 is 2.05 bits per heavy atom. The Morgan fingerprint density at radius 1 is 1.37 bits per heavy atom. The molecule has 1 aliphatic rings. The maximum absolute atomic E-state index is 12.0. The number of nitrogens with two attached hydrogens (primary N) is 1. The van der Waals surface area contributed by atoms with Gasteiger partial charge in [0.1, 0.15) is 0 Å². The number of hydrogen-bond acceptors (Lipinski definition) is 2. The highest BCUT2D eigenvalue weighted by Gasteiger charge is 2.31. The number of rotatable bonds is 3. The molecule has 0 heterocycles. The van der Waals surface area contributed by atoms with Crippen molar-refractivity contribution in [1.29, 1.82) is 0 Å². The Labute approximate surface area is 114 Å². The summed E-state index contributed by atoms with van der Waals surface area (Å²) in [4.78, 5) is 12.0. The molecule has 0 spiro atoms. The predicted octanol–water partition coefficient (Wildman–Crippen LogP) is 1.92. The second kappa shape index (κ2) is 5.90. The molecule has 0 bridgehead atoms. The molecule has 3 heteroatoms. The van der Waals surface area contributed by atoms with Crippen molar-refractivity contribution in [1.82, 2.24) is 5.32 Å². The first kappa shape index (κ1) is 13.6. The lowest BCUT2D eigenvalue weighted by molar-refractivity contribution is 0.0891. The lowest BCUT2D eigenvalue weighted by atomic mass is 9.70. The minimum atomic E-state index is -0.00791. The number of benzene rings is 1. The first-order valence-electron chi connectivity index (χ1n) is 6.70. The summed E-state index contributed by atoms with van der Waals surface area (Å²) in [7, 11) is 0. The van der Waals surface area contributed by atoms with Gasteiger partial charge in [0.05, 0.1) is 6.54 Å². The van der Waals surface area contributed by atoms with E-state index in [0.717, 1.165) is 12.1 Å². The van der Waals surface area contributed by atoms with Crippen molar-refractivity contribution in [2.75, 3.05) is 13.1 Å². The average molecular weight is 256 g/mol. The zero-order chi connectivity index (χ0) is 13.7. The van der Waals surface area contributed by atoms with Crippen LogP contribution in [0.5, 0.6) is 0 Å². The van der Waals surface area contributed by atoms with Crippen LogP contribution in [0.3, 0.4) is 0 Å². The SMILES string of the molecule is CC1(CNC(=O)c2ccc(C#CCN)cc2)CCC1. The normalized spacial score (nSPS) is 15.9. The highest BCUT2D eigenvalue weighted by molar-refractivity contribution is 5.94. The quantitative estimate of drug-likeness (QED) is 0.812. The van der Waals surface area contributed by atoms with Crippen LogP contribution < -0.4 is 11.1 Å². The molecule has 1 aromatic carbocycles. The van der Waals surface area contributed by atoms with E-state index in [9.17, 15) is 4.79 Å². The summed E-state index contributed by atoms with van der Waals surface area (Å²) < 4.78 is 0. The first-order valence-corrected chi connectivity index (χ1v) is 6.70. The number of carbonyl (C=O) groups is 1. The smallest absolute Gasteiger partial charge is 0.251 e. The second-order valence-corrected chi connectivity index (χ2v) is 5.43. The van der Waals surface area contributed by atoms with Crippen LogP contribution in [0.15, 0.2) is 24.3 Å². The third kappa shape index (κ3) is 3.59. The van der Waals surface area contributed by atoms with E-state index < -0.39 is 0 Å². The molecule has 1 aromatic rings. The first-order chi connectivity index (χ1) is 9.13. The molecule has 1 amide bonds.